The number of rotatable bonds is 4. The maximum absolute atomic E-state index is 13.6. The van der Waals surface area contributed by atoms with Crippen molar-refractivity contribution in [1.29, 1.82) is 0 Å². The van der Waals surface area contributed by atoms with Crippen molar-refractivity contribution in [3.05, 3.63) is 23.0 Å². The minimum atomic E-state index is -3.75. The molecule has 17 heavy (non-hydrogen) atoms. The molecule has 0 heterocycles. The van der Waals surface area contributed by atoms with Gasteiger partial charge in [-0.05, 0) is 24.1 Å². The Hall–Kier alpha value is -1.01. The molecule has 0 amide bonds. The molecule has 0 N–H and O–H groups in total. The molecule has 0 unspecified atom stereocenters. The second-order valence-corrected chi connectivity index (χ2v) is 6.17. The molecule has 1 aromatic carbocycles. The lowest BCUT2D eigenvalue weighted by molar-refractivity contribution is 0.335. The second-order valence-electron chi connectivity index (χ2n) is 3.39. The van der Waals surface area contributed by atoms with Gasteiger partial charge in [0.05, 0.1) is 20.0 Å². The van der Waals surface area contributed by atoms with Crippen LogP contribution in [0.3, 0.4) is 0 Å². The van der Waals surface area contributed by atoms with Crippen molar-refractivity contribution in [1.82, 2.24) is 0 Å². The van der Waals surface area contributed by atoms with Crippen LogP contribution in [0.5, 0.6) is 11.5 Å². The standard InChI is InChI=1S/C10H12ClFO4S/c1-6-7(5-17(11,13)14)4-8(12)10(16-3)9(6)15-2/h4H,5H2,1-3H3. The summed E-state index contributed by atoms with van der Waals surface area (Å²) in [7, 11) is 4.04. The largest absolute Gasteiger partial charge is 0.492 e. The number of methoxy groups -OCH3 is 2. The van der Waals surface area contributed by atoms with E-state index >= 15 is 0 Å². The predicted molar refractivity (Wildman–Crippen MR) is 62.7 cm³/mol. The average Bonchev–Trinajstić information content (AvgIpc) is 2.20. The summed E-state index contributed by atoms with van der Waals surface area (Å²) in [4.78, 5) is 0. The predicted octanol–water partition coefficient (Wildman–Crippen LogP) is 2.22. The number of benzene rings is 1. The van der Waals surface area contributed by atoms with Crippen molar-refractivity contribution in [2.45, 2.75) is 12.7 Å². The maximum Gasteiger partial charge on any atom is 0.236 e. The van der Waals surface area contributed by atoms with Crippen molar-refractivity contribution in [2.24, 2.45) is 0 Å². The van der Waals surface area contributed by atoms with Crippen LogP contribution < -0.4 is 9.47 Å². The van der Waals surface area contributed by atoms with Gasteiger partial charge < -0.3 is 9.47 Å². The SMILES string of the molecule is COc1c(F)cc(CS(=O)(=O)Cl)c(C)c1OC. The van der Waals surface area contributed by atoms with Gasteiger partial charge >= 0.3 is 0 Å². The molecule has 0 atom stereocenters. The fourth-order valence-corrected chi connectivity index (χ4v) is 2.55. The Morgan fingerprint density at radius 3 is 2.24 bits per heavy atom. The summed E-state index contributed by atoms with van der Waals surface area (Å²) in [6, 6.07) is 1.08. The molecule has 7 heteroatoms. The first kappa shape index (κ1) is 14.1. The molecule has 1 rings (SSSR count). The molecule has 0 bridgehead atoms. The first-order valence-corrected chi connectivity index (χ1v) is 7.10. The van der Waals surface area contributed by atoms with Gasteiger partial charge in [-0.1, -0.05) is 0 Å². The third-order valence-corrected chi connectivity index (χ3v) is 3.27. The van der Waals surface area contributed by atoms with Gasteiger partial charge in [0.2, 0.25) is 9.05 Å². The van der Waals surface area contributed by atoms with Gasteiger partial charge in [-0.25, -0.2) is 12.8 Å². The first-order valence-electron chi connectivity index (χ1n) is 4.62. The Kier molecular flexibility index (Phi) is 4.21. The van der Waals surface area contributed by atoms with Crippen LogP contribution in [0.25, 0.3) is 0 Å². The summed E-state index contributed by atoms with van der Waals surface area (Å²) < 4.78 is 45.4. The van der Waals surface area contributed by atoms with E-state index in [-0.39, 0.29) is 17.1 Å². The van der Waals surface area contributed by atoms with Crippen molar-refractivity contribution in [2.75, 3.05) is 14.2 Å². The molecule has 0 saturated carbocycles. The van der Waals surface area contributed by atoms with Crippen molar-refractivity contribution >= 4 is 19.7 Å². The Balaban J connectivity index is 3.40. The van der Waals surface area contributed by atoms with Gasteiger partial charge in [0.25, 0.3) is 0 Å². The summed E-state index contributed by atoms with van der Waals surface area (Å²) >= 11 is 0. The van der Waals surface area contributed by atoms with Crippen LogP contribution in [0.2, 0.25) is 0 Å². The molecule has 0 aliphatic carbocycles. The van der Waals surface area contributed by atoms with E-state index in [4.69, 9.17) is 20.2 Å². The Morgan fingerprint density at radius 2 is 1.82 bits per heavy atom. The van der Waals surface area contributed by atoms with Crippen molar-refractivity contribution < 1.29 is 22.3 Å². The average molecular weight is 283 g/mol. The zero-order valence-corrected chi connectivity index (χ0v) is 11.2. The van der Waals surface area contributed by atoms with E-state index in [1.807, 2.05) is 0 Å². The minimum absolute atomic E-state index is 0.0549. The van der Waals surface area contributed by atoms with Crippen LogP contribution in [0.1, 0.15) is 11.1 Å². The summed E-state index contributed by atoms with van der Waals surface area (Å²) in [5.41, 5.74) is 0.727. The van der Waals surface area contributed by atoms with Crippen LogP contribution in [-0.2, 0) is 14.8 Å². The molecule has 0 saturated heterocycles. The van der Waals surface area contributed by atoms with E-state index in [0.717, 1.165) is 6.07 Å². The highest BCUT2D eigenvalue weighted by atomic mass is 35.7. The smallest absolute Gasteiger partial charge is 0.236 e. The molecule has 0 radical (unpaired) electrons. The quantitative estimate of drug-likeness (QED) is 0.795. The highest BCUT2D eigenvalue weighted by Crippen LogP contribution is 2.36. The normalized spacial score (nSPS) is 11.4. The van der Waals surface area contributed by atoms with E-state index in [1.165, 1.54) is 14.2 Å². The van der Waals surface area contributed by atoms with Crippen LogP contribution in [0.4, 0.5) is 4.39 Å². The lowest BCUT2D eigenvalue weighted by Crippen LogP contribution is -2.03. The van der Waals surface area contributed by atoms with Gasteiger partial charge in [0.1, 0.15) is 0 Å². The van der Waals surface area contributed by atoms with Gasteiger partial charge in [-0.3, -0.25) is 0 Å². The molecule has 4 nitrogen and oxygen atoms in total. The molecule has 96 valence electrons. The summed E-state index contributed by atoms with van der Waals surface area (Å²) in [6.07, 6.45) is 0. The van der Waals surface area contributed by atoms with Crippen molar-refractivity contribution in [3.8, 4) is 11.5 Å². The number of hydrogen-bond donors (Lipinski definition) is 0. The molecule has 0 spiro atoms. The third kappa shape index (κ3) is 3.23. The summed E-state index contributed by atoms with van der Waals surface area (Å²) in [5, 5.41) is 0. The van der Waals surface area contributed by atoms with E-state index < -0.39 is 20.6 Å². The number of ether oxygens (including phenoxy) is 2. The molecule has 0 aliphatic heterocycles. The Bertz CT molecular complexity index is 528. The lowest BCUT2D eigenvalue weighted by Gasteiger charge is -2.14. The highest BCUT2D eigenvalue weighted by molar-refractivity contribution is 8.13. The molecule has 0 aliphatic rings. The van der Waals surface area contributed by atoms with E-state index in [9.17, 15) is 12.8 Å². The zero-order chi connectivity index (χ0) is 13.2. The summed E-state index contributed by atoms with van der Waals surface area (Å²) in [6.45, 7) is 1.61. The molecule has 0 fully saturated rings. The lowest BCUT2D eigenvalue weighted by atomic mass is 10.1. The molecular weight excluding hydrogens is 271 g/mol. The molecule has 0 aromatic heterocycles. The monoisotopic (exact) mass is 282 g/mol. The third-order valence-electron chi connectivity index (χ3n) is 2.28. The fraction of sp³-hybridized carbons (Fsp3) is 0.400. The van der Waals surface area contributed by atoms with Crippen molar-refractivity contribution in [3.63, 3.8) is 0 Å². The van der Waals surface area contributed by atoms with Crippen LogP contribution >= 0.6 is 10.7 Å². The summed E-state index contributed by atoms with van der Waals surface area (Å²) in [5.74, 6) is -1.04. The van der Waals surface area contributed by atoms with Gasteiger partial charge in [-0.2, -0.15) is 0 Å². The van der Waals surface area contributed by atoms with Gasteiger partial charge in [0.15, 0.2) is 17.3 Å². The Morgan fingerprint density at radius 1 is 1.29 bits per heavy atom. The van der Waals surface area contributed by atoms with E-state index in [1.54, 1.807) is 6.92 Å². The van der Waals surface area contributed by atoms with Crippen LogP contribution in [-0.4, -0.2) is 22.6 Å². The van der Waals surface area contributed by atoms with E-state index in [2.05, 4.69) is 0 Å². The molecule has 1 aromatic rings. The molecular formula is C10H12ClFO4S. The maximum atomic E-state index is 13.6. The topological polar surface area (TPSA) is 52.6 Å². The van der Waals surface area contributed by atoms with Gasteiger partial charge in [-0.15, -0.1) is 0 Å². The number of halogens is 2. The van der Waals surface area contributed by atoms with Crippen LogP contribution in [0, 0.1) is 12.7 Å². The Labute approximate surface area is 104 Å². The van der Waals surface area contributed by atoms with E-state index in [0.29, 0.717) is 5.56 Å². The second kappa shape index (κ2) is 5.10. The first-order chi connectivity index (χ1) is 7.80. The fourth-order valence-electron chi connectivity index (χ4n) is 1.52. The minimum Gasteiger partial charge on any atom is -0.492 e. The highest BCUT2D eigenvalue weighted by Gasteiger charge is 2.19. The number of hydrogen-bond acceptors (Lipinski definition) is 4. The van der Waals surface area contributed by atoms with Crippen LogP contribution in [0.15, 0.2) is 6.07 Å². The van der Waals surface area contributed by atoms with Gasteiger partial charge in [0, 0.05) is 10.7 Å². The zero-order valence-electron chi connectivity index (χ0n) is 9.58.